The zero-order chi connectivity index (χ0) is 26.9. The quantitative estimate of drug-likeness (QED) is 0.286. The molecule has 0 saturated heterocycles. The average molecular weight is 418 g/mol. The van der Waals surface area contributed by atoms with Gasteiger partial charge in [0.1, 0.15) is 0 Å². The summed E-state index contributed by atoms with van der Waals surface area (Å²) in [7, 11) is 0. The summed E-state index contributed by atoms with van der Waals surface area (Å²) in [6.07, 6.45) is 4.07. The van der Waals surface area contributed by atoms with Crippen molar-refractivity contribution in [3.05, 3.63) is 11.6 Å². The summed E-state index contributed by atoms with van der Waals surface area (Å²) in [6.45, 7) is 4.45. The normalized spacial score (nSPS) is 50.1. The fourth-order valence-corrected chi connectivity index (χ4v) is 6.56. The van der Waals surface area contributed by atoms with Crippen LogP contribution in [0.5, 0.6) is 0 Å². The van der Waals surface area contributed by atoms with Crippen LogP contribution in [0.15, 0.2) is 16.8 Å². The molecule has 5 heteroatoms. The van der Waals surface area contributed by atoms with Crippen molar-refractivity contribution in [3.63, 3.8) is 0 Å². The fourth-order valence-electron chi connectivity index (χ4n) is 6.56. The third kappa shape index (κ3) is 3.20. The number of terminal acetylenes is 1. The van der Waals surface area contributed by atoms with E-state index in [0.29, 0.717) is 32.1 Å². The molecule has 3 saturated carbocycles. The summed E-state index contributed by atoms with van der Waals surface area (Å²) in [5.41, 5.74) is -2.20. The maximum atomic E-state index is 12.0. The Kier molecular flexibility index (Phi) is 3.89. The summed E-state index contributed by atoms with van der Waals surface area (Å²) in [5.74, 6) is -0.923. The second kappa shape index (κ2) is 7.87. The summed E-state index contributed by atoms with van der Waals surface area (Å²) in [4.78, 5) is 28.0. The SMILES string of the molecule is [2H]C1=C2C([2H])([2H])C[C@H]3[C@@H]4CC[C@](C#C)(OC(C)=O)[C@@]4(CC)CC[C@@H]3[C@@]2([2H])CC([2H])([2H])C1=NOC(C)=O. The van der Waals surface area contributed by atoms with Gasteiger partial charge < -0.3 is 9.57 Å². The highest BCUT2D eigenvalue weighted by molar-refractivity contribution is 5.96. The number of allylic oxidation sites excluding steroid dienone is 2. The van der Waals surface area contributed by atoms with Crippen molar-refractivity contribution in [2.75, 3.05) is 0 Å². The third-order valence-corrected chi connectivity index (χ3v) is 7.68. The number of carbonyl (C=O) groups is 2. The van der Waals surface area contributed by atoms with E-state index in [0.717, 1.165) is 6.92 Å². The number of hydrogen-bond donors (Lipinski definition) is 0. The lowest BCUT2D eigenvalue weighted by atomic mass is 9.49. The minimum Gasteiger partial charge on any atom is -0.445 e. The van der Waals surface area contributed by atoms with Gasteiger partial charge in [0.05, 0.1) is 7.08 Å². The largest absolute Gasteiger partial charge is 0.445 e. The smallest absolute Gasteiger partial charge is 0.331 e. The topological polar surface area (TPSA) is 65.0 Å². The molecule has 0 aliphatic heterocycles. The summed E-state index contributed by atoms with van der Waals surface area (Å²) < 4.78 is 59.2. The van der Waals surface area contributed by atoms with E-state index in [1.807, 2.05) is 6.92 Å². The molecule has 4 aliphatic carbocycles. The number of fused-ring (bicyclic) bond motifs is 5. The predicted octanol–water partition coefficient (Wildman–Crippen LogP) is 4.80. The lowest BCUT2D eigenvalue weighted by Crippen LogP contribution is -2.55. The first-order valence-electron chi connectivity index (χ1n) is 13.8. The minimum absolute atomic E-state index is 0.0486. The lowest BCUT2D eigenvalue weighted by Gasteiger charge is -2.56. The molecule has 0 amide bonds. The van der Waals surface area contributed by atoms with Crippen LogP contribution in [0.4, 0.5) is 0 Å². The van der Waals surface area contributed by atoms with Crippen LogP contribution < -0.4 is 0 Å². The number of oxime groups is 1. The van der Waals surface area contributed by atoms with E-state index in [2.05, 4.69) is 15.9 Å². The van der Waals surface area contributed by atoms with Crippen LogP contribution >= 0.6 is 0 Å². The lowest BCUT2D eigenvalue weighted by molar-refractivity contribution is -0.170. The molecule has 4 rings (SSSR count). The summed E-state index contributed by atoms with van der Waals surface area (Å²) in [6, 6.07) is -0.498. The molecule has 30 heavy (non-hydrogen) atoms. The first-order chi connectivity index (χ1) is 16.6. The van der Waals surface area contributed by atoms with Gasteiger partial charge in [0.2, 0.25) is 0 Å². The molecule has 0 spiro atoms. The van der Waals surface area contributed by atoms with Crippen LogP contribution in [0.3, 0.4) is 0 Å². The molecule has 0 aromatic rings. The van der Waals surface area contributed by atoms with Crippen LogP contribution in [0.2, 0.25) is 0 Å². The second-order valence-corrected chi connectivity index (χ2v) is 8.81. The number of esters is 1. The number of hydrogen-bond acceptors (Lipinski definition) is 5. The molecular formula is C25H33NO4. The Balaban J connectivity index is 1.84. The predicted molar refractivity (Wildman–Crippen MR) is 114 cm³/mol. The molecule has 0 radical (unpaired) electrons. The zero-order valence-corrected chi connectivity index (χ0v) is 17.8. The van der Waals surface area contributed by atoms with Crippen LogP contribution in [0.25, 0.3) is 0 Å². The minimum atomic E-state index is -2.26. The maximum absolute atomic E-state index is 12.0. The van der Waals surface area contributed by atoms with Gasteiger partial charge in [0, 0.05) is 26.1 Å². The van der Waals surface area contributed by atoms with Crippen molar-refractivity contribution in [1.29, 1.82) is 0 Å². The van der Waals surface area contributed by atoms with E-state index < -0.39 is 65.7 Å². The van der Waals surface area contributed by atoms with Crippen molar-refractivity contribution < 1.29 is 27.4 Å². The molecule has 6 atom stereocenters. The monoisotopic (exact) mass is 417 g/mol. The molecule has 0 N–H and O–H groups in total. The van der Waals surface area contributed by atoms with Gasteiger partial charge in [0.25, 0.3) is 0 Å². The average Bonchev–Trinajstić information content (AvgIpc) is 3.06. The molecule has 5 nitrogen and oxygen atoms in total. The van der Waals surface area contributed by atoms with E-state index in [-0.39, 0.29) is 23.8 Å². The van der Waals surface area contributed by atoms with Crippen molar-refractivity contribution in [2.45, 2.75) is 84.1 Å². The first-order valence-corrected chi connectivity index (χ1v) is 10.8. The van der Waals surface area contributed by atoms with Gasteiger partial charge in [0.15, 0.2) is 5.60 Å². The van der Waals surface area contributed by atoms with Gasteiger partial charge in [-0.1, -0.05) is 23.6 Å². The van der Waals surface area contributed by atoms with Crippen LogP contribution in [0.1, 0.15) is 86.7 Å². The molecule has 4 aliphatic rings. The Bertz CT molecular complexity index is 1100. The van der Waals surface area contributed by atoms with Crippen LogP contribution in [0, 0.1) is 41.4 Å². The number of carbonyl (C=O) groups excluding carboxylic acids is 2. The Labute approximate surface area is 188 Å². The van der Waals surface area contributed by atoms with Gasteiger partial charge in [-0.2, -0.15) is 0 Å². The summed E-state index contributed by atoms with van der Waals surface area (Å²) >= 11 is 0. The van der Waals surface area contributed by atoms with Gasteiger partial charge >= 0.3 is 11.9 Å². The zero-order valence-electron chi connectivity index (χ0n) is 23.8. The van der Waals surface area contributed by atoms with Gasteiger partial charge in [-0.15, -0.1) is 6.42 Å². The van der Waals surface area contributed by atoms with E-state index >= 15 is 0 Å². The van der Waals surface area contributed by atoms with E-state index in [4.69, 9.17) is 18.0 Å². The molecule has 0 aromatic carbocycles. The molecule has 0 heterocycles. The maximum Gasteiger partial charge on any atom is 0.331 e. The number of nitrogens with zero attached hydrogens (tertiary/aromatic N) is 1. The Morgan fingerprint density at radius 2 is 2.07 bits per heavy atom. The molecule has 3 fully saturated rings. The number of rotatable bonds is 3. The molecule has 0 aromatic heterocycles. The van der Waals surface area contributed by atoms with Gasteiger partial charge in [-0.3, -0.25) is 4.79 Å². The Morgan fingerprint density at radius 1 is 1.27 bits per heavy atom. The Hall–Kier alpha value is -2.09. The first kappa shape index (κ1) is 14.8. The third-order valence-electron chi connectivity index (χ3n) is 7.68. The van der Waals surface area contributed by atoms with E-state index in [9.17, 15) is 11.0 Å². The highest BCUT2D eigenvalue weighted by Gasteiger charge is 2.65. The van der Waals surface area contributed by atoms with Gasteiger partial charge in [-0.25, -0.2) is 4.79 Å². The Morgan fingerprint density at radius 3 is 2.73 bits per heavy atom. The van der Waals surface area contributed by atoms with Crippen LogP contribution in [-0.2, 0) is 19.2 Å². The number of ether oxygens (including phenoxy) is 1. The fraction of sp³-hybridized carbons (Fsp3) is 0.720. The van der Waals surface area contributed by atoms with E-state index in [1.54, 1.807) is 0 Å². The second-order valence-electron chi connectivity index (χ2n) is 8.81. The van der Waals surface area contributed by atoms with E-state index in [1.165, 1.54) is 6.92 Å². The van der Waals surface area contributed by atoms with Gasteiger partial charge in [-0.05, 0) is 87.4 Å². The molecule has 0 bridgehead atoms. The van der Waals surface area contributed by atoms with Crippen molar-refractivity contribution >= 4 is 17.7 Å². The van der Waals surface area contributed by atoms with Crippen molar-refractivity contribution in [2.24, 2.45) is 34.2 Å². The van der Waals surface area contributed by atoms with Crippen molar-refractivity contribution in [1.82, 2.24) is 0 Å². The highest BCUT2D eigenvalue weighted by atomic mass is 16.7. The van der Waals surface area contributed by atoms with Crippen molar-refractivity contribution in [3.8, 4) is 12.3 Å². The summed E-state index contributed by atoms with van der Waals surface area (Å²) in [5, 5.41) is 3.57. The molecular weight excluding hydrogens is 378 g/mol. The highest BCUT2D eigenvalue weighted by Crippen LogP contribution is 2.67. The van der Waals surface area contributed by atoms with Crippen LogP contribution in [-0.4, -0.2) is 23.3 Å². The molecule has 162 valence electrons. The molecule has 0 unspecified atom stereocenters. The standard InChI is InChI=1S/C25H33NO4/c1-5-24-13-11-21-20-10-8-19(26-30-17(4)28)15-18(20)7-9-22(21)23(24)12-14-25(24,6-2)29-16(3)27/h2,15,20-23H,5,7-14H2,1,3-4H3/t20-,21+,22+,23-,24-,25-/m0/s1/i7D2,8D2,15D,20D.